The molecule has 0 radical (unpaired) electrons. The number of ether oxygens (including phenoxy) is 1. The molecule has 0 saturated carbocycles. The van der Waals surface area contributed by atoms with Crippen molar-refractivity contribution in [3.8, 4) is 5.75 Å². The number of nitrogens with zero attached hydrogens (tertiary/aromatic N) is 2. The molecule has 0 spiro atoms. The Morgan fingerprint density at radius 2 is 1.74 bits per heavy atom. The fourth-order valence-corrected chi connectivity index (χ4v) is 2.30. The number of hydrogen-bond donors (Lipinski definition) is 0. The van der Waals surface area contributed by atoms with E-state index in [4.69, 9.17) is 4.74 Å². The van der Waals surface area contributed by atoms with Gasteiger partial charge < -0.3 is 14.5 Å². The SMILES string of the molecule is COc1ccc(F)cc1C(=O)N(C)Cc1ccc(N(C)C)cc1. The van der Waals surface area contributed by atoms with Crippen LogP contribution in [0.25, 0.3) is 0 Å². The molecule has 0 heterocycles. The summed E-state index contributed by atoms with van der Waals surface area (Å²) in [6.07, 6.45) is 0. The molecule has 1 amide bonds. The van der Waals surface area contributed by atoms with E-state index in [1.165, 1.54) is 25.3 Å². The van der Waals surface area contributed by atoms with Crippen LogP contribution < -0.4 is 9.64 Å². The number of hydrogen-bond acceptors (Lipinski definition) is 3. The topological polar surface area (TPSA) is 32.8 Å². The normalized spacial score (nSPS) is 10.3. The van der Waals surface area contributed by atoms with Crippen molar-refractivity contribution in [3.05, 3.63) is 59.4 Å². The molecule has 0 aliphatic rings. The molecule has 2 aromatic rings. The fraction of sp³-hybridized carbons (Fsp3) is 0.278. The van der Waals surface area contributed by atoms with Gasteiger partial charge in [-0.05, 0) is 35.9 Å². The maximum atomic E-state index is 13.4. The molecule has 0 aliphatic heterocycles. The molecule has 0 unspecified atom stereocenters. The minimum atomic E-state index is -0.460. The van der Waals surface area contributed by atoms with Crippen LogP contribution in [0.1, 0.15) is 15.9 Å². The molecule has 23 heavy (non-hydrogen) atoms. The third-order valence-corrected chi connectivity index (χ3v) is 3.61. The minimum absolute atomic E-state index is 0.222. The summed E-state index contributed by atoms with van der Waals surface area (Å²) in [6.45, 7) is 0.437. The Balaban J connectivity index is 2.15. The van der Waals surface area contributed by atoms with Gasteiger partial charge in [0.1, 0.15) is 11.6 Å². The summed E-state index contributed by atoms with van der Waals surface area (Å²) < 4.78 is 18.6. The lowest BCUT2D eigenvalue weighted by Gasteiger charge is -2.19. The molecule has 5 heteroatoms. The van der Waals surface area contributed by atoms with Gasteiger partial charge in [0.15, 0.2) is 0 Å². The molecule has 2 aromatic carbocycles. The first-order valence-corrected chi connectivity index (χ1v) is 7.27. The van der Waals surface area contributed by atoms with Gasteiger partial charge in [-0.1, -0.05) is 12.1 Å². The van der Waals surface area contributed by atoms with Gasteiger partial charge in [0.25, 0.3) is 5.91 Å². The number of benzene rings is 2. The summed E-state index contributed by atoms with van der Waals surface area (Å²) in [5, 5.41) is 0. The second-order valence-electron chi connectivity index (χ2n) is 5.57. The maximum absolute atomic E-state index is 13.4. The molecular weight excluding hydrogens is 295 g/mol. The Kier molecular flexibility index (Phi) is 5.21. The van der Waals surface area contributed by atoms with Gasteiger partial charge in [-0.15, -0.1) is 0 Å². The molecule has 0 fully saturated rings. The molecule has 0 N–H and O–H groups in total. The summed E-state index contributed by atoms with van der Waals surface area (Å²) in [7, 11) is 7.10. The van der Waals surface area contributed by atoms with Crippen LogP contribution in [-0.2, 0) is 6.54 Å². The van der Waals surface area contributed by atoms with Crippen LogP contribution in [0.15, 0.2) is 42.5 Å². The van der Waals surface area contributed by atoms with Crippen LogP contribution in [0.2, 0.25) is 0 Å². The Hall–Kier alpha value is -2.56. The van der Waals surface area contributed by atoms with E-state index >= 15 is 0 Å². The standard InChI is InChI=1S/C18H21FN2O2/c1-20(2)15-8-5-13(6-9-15)12-21(3)18(22)16-11-14(19)7-10-17(16)23-4/h5-11H,12H2,1-4H3. The van der Waals surface area contributed by atoms with E-state index in [1.54, 1.807) is 11.9 Å². The molecule has 122 valence electrons. The van der Waals surface area contributed by atoms with Crippen molar-refractivity contribution in [3.63, 3.8) is 0 Å². The second kappa shape index (κ2) is 7.13. The zero-order valence-electron chi connectivity index (χ0n) is 13.8. The van der Waals surface area contributed by atoms with Crippen molar-refractivity contribution in [2.24, 2.45) is 0 Å². The van der Waals surface area contributed by atoms with Gasteiger partial charge in [-0.25, -0.2) is 4.39 Å². The smallest absolute Gasteiger partial charge is 0.257 e. The van der Waals surface area contributed by atoms with Crippen molar-refractivity contribution >= 4 is 11.6 Å². The van der Waals surface area contributed by atoms with Crippen LogP contribution >= 0.6 is 0 Å². The van der Waals surface area contributed by atoms with Gasteiger partial charge in [0.2, 0.25) is 0 Å². The highest BCUT2D eigenvalue weighted by atomic mass is 19.1. The quantitative estimate of drug-likeness (QED) is 0.849. The molecule has 2 rings (SSSR count). The number of methoxy groups -OCH3 is 1. The number of amides is 1. The summed E-state index contributed by atoms with van der Waals surface area (Å²) in [6, 6.07) is 11.9. The van der Waals surface area contributed by atoms with Gasteiger partial charge in [-0.2, -0.15) is 0 Å². The first-order chi connectivity index (χ1) is 10.9. The monoisotopic (exact) mass is 316 g/mol. The Bertz CT molecular complexity index is 684. The lowest BCUT2D eigenvalue weighted by Crippen LogP contribution is -2.26. The van der Waals surface area contributed by atoms with Crippen molar-refractivity contribution in [2.75, 3.05) is 33.2 Å². The molecule has 0 aliphatic carbocycles. The van der Waals surface area contributed by atoms with E-state index in [2.05, 4.69) is 0 Å². The Labute approximate surface area is 136 Å². The van der Waals surface area contributed by atoms with E-state index in [1.807, 2.05) is 43.3 Å². The molecule has 0 saturated heterocycles. The van der Waals surface area contributed by atoms with E-state index in [-0.39, 0.29) is 11.5 Å². The van der Waals surface area contributed by atoms with Crippen LogP contribution in [0.5, 0.6) is 5.75 Å². The highest BCUT2D eigenvalue weighted by molar-refractivity contribution is 5.96. The molecule has 0 atom stereocenters. The van der Waals surface area contributed by atoms with E-state index < -0.39 is 5.82 Å². The predicted molar refractivity (Wildman–Crippen MR) is 89.5 cm³/mol. The predicted octanol–water partition coefficient (Wildman–Crippen LogP) is 3.17. The average Bonchev–Trinajstić information content (AvgIpc) is 2.54. The lowest BCUT2D eigenvalue weighted by molar-refractivity contribution is 0.0781. The third kappa shape index (κ3) is 4.00. The minimum Gasteiger partial charge on any atom is -0.496 e. The van der Waals surface area contributed by atoms with Crippen LogP contribution in [-0.4, -0.2) is 39.1 Å². The Morgan fingerprint density at radius 3 is 2.30 bits per heavy atom. The highest BCUT2D eigenvalue weighted by Gasteiger charge is 2.17. The number of carbonyl (C=O) groups excluding carboxylic acids is 1. The van der Waals surface area contributed by atoms with E-state index in [0.717, 1.165) is 11.3 Å². The summed E-state index contributed by atoms with van der Waals surface area (Å²) in [5.41, 5.74) is 2.32. The average molecular weight is 316 g/mol. The lowest BCUT2D eigenvalue weighted by atomic mass is 10.1. The number of halogens is 1. The number of anilines is 1. The van der Waals surface area contributed by atoms with E-state index in [0.29, 0.717) is 12.3 Å². The summed E-state index contributed by atoms with van der Waals surface area (Å²) in [5.74, 6) is -0.373. The van der Waals surface area contributed by atoms with Crippen molar-refractivity contribution < 1.29 is 13.9 Å². The van der Waals surface area contributed by atoms with Crippen molar-refractivity contribution in [2.45, 2.75) is 6.54 Å². The van der Waals surface area contributed by atoms with Gasteiger partial charge in [0.05, 0.1) is 12.7 Å². The first-order valence-electron chi connectivity index (χ1n) is 7.27. The number of rotatable bonds is 5. The van der Waals surface area contributed by atoms with Gasteiger partial charge >= 0.3 is 0 Å². The molecular formula is C18H21FN2O2. The third-order valence-electron chi connectivity index (χ3n) is 3.61. The summed E-state index contributed by atoms with van der Waals surface area (Å²) >= 11 is 0. The molecule has 0 aromatic heterocycles. The zero-order chi connectivity index (χ0) is 17.0. The zero-order valence-corrected chi connectivity index (χ0v) is 13.8. The Morgan fingerprint density at radius 1 is 1.09 bits per heavy atom. The molecule has 0 bridgehead atoms. The van der Waals surface area contributed by atoms with Gasteiger partial charge in [0, 0.05) is 33.4 Å². The van der Waals surface area contributed by atoms with Crippen molar-refractivity contribution in [1.82, 2.24) is 4.90 Å². The molecule has 4 nitrogen and oxygen atoms in total. The van der Waals surface area contributed by atoms with Gasteiger partial charge in [-0.3, -0.25) is 4.79 Å². The van der Waals surface area contributed by atoms with E-state index in [9.17, 15) is 9.18 Å². The van der Waals surface area contributed by atoms with Crippen LogP contribution in [0.3, 0.4) is 0 Å². The highest BCUT2D eigenvalue weighted by Crippen LogP contribution is 2.22. The van der Waals surface area contributed by atoms with Crippen molar-refractivity contribution in [1.29, 1.82) is 0 Å². The van der Waals surface area contributed by atoms with Crippen LogP contribution in [0, 0.1) is 5.82 Å². The maximum Gasteiger partial charge on any atom is 0.257 e. The largest absolute Gasteiger partial charge is 0.496 e. The first kappa shape index (κ1) is 16.8. The number of carbonyl (C=O) groups is 1. The summed E-state index contributed by atoms with van der Waals surface area (Å²) in [4.78, 5) is 16.1. The van der Waals surface area contributed by atoms with Crippen LogP contribution in [0.4, 0.5) is 10.1 Å². The second-order valence-corrected chi connectivity index (χ2v) is 5.57. The fourth-order valence-electron chi connectivity index (χ4n) is 2.30.